The lowest BCUT2D eigenvalue weighted by atomic mass is 10.1. The van der Waals surface area contributed by atoms with Crippen molar-refractivity contribution in [3.05, 3.63) is 120 Å². The maximum atomic E-state index is 13.5. The molecule has 0 heterocycles. The molecule has 0 bridgehead atoms. The second-order valence-corrected chi connectivity index (χ2v) is 11.5. The van der Waals surface area contributed by atoms with Crippen molar-refractivity contribution in [1.82, 2.24) is 10.7 Å². The molecule has 1 atom stereocenters. The van der Waals surface area contributed by atoms with Crippen LogP contribution in [0.3, 0.4) is 0 Å². The van der Waals surface area contributed by atoms with Crippen molar-refractivity contribution >= 4 is 33.7 Å². The van der Waals surface area contributed by atoms with Gasteiger partial charge in [-0.25, -0.2) is 13.8 Å². The number of amides is 2. The maximum absolute atomic E-state index is 13.5. The SMILES string of the molecule is CCOc1ccc(S(=O)(=O)N(CC(=O)N/N=C\c2ccc(OCC(=O)N[C@H](C)c3ccccc3)cc2)c2ccccc2)cc1. The van der Waals surface area contributed by atoms with Crippen LogP contribution < -0.4 is 24.5 Å². The molecule has 0 aliphatic carbocycles. The summed E-state index contributed by atoms with van der Waals surface area (Å²) < 4.78 is 39.0. The molecule has 0 radical (unpaired) electrons. The van der Waals surface area contributed by atoms with E-state index in [0.29, 0.717) is 29.4 Å². The molecule has 0 aromatic heterocycles. The first-order chi connectivity index (χ1) is 21.3. The Balaban J connectivity index is 1.32. The van der Waals surface area contributed by atoms with Crippen LogP contribution in [-0.2, 0) is 19.6 Å². The number of carbonyl (C=O) groups excluding carboxylic acids is 2. The summed E-state index contributed by atoms with van der Waals surface area (Å²) in [5, 5.41) is 6.87. The van der Waals surface area contributed by atoms with Crippen molar-refractivity contribution in [3.8, 4) is 11.5 Å². The number of rotatable bonds is 14. The number of para-hydroxylation sites is 1. The number of anilines is 1. The molecule has 10 nitrogen and oxygen atoms in total. The lowest BCUT2D eigenvalue weighted by Crippen LogP contribution is -2.39. The number of hydrogen-bond donors (Lipinski definition) is 2. The van der Waals surface area contributed by atoms with E-state index < -0.39 is 22.5 Å². The van der Waals surface area contributed by atoms with Crippen LogP contribution in [0.5, 0.6) is 11.5 Å². The van der Waals surface area contributed by atoms with Gasteiger partial charge in [0.2, 0.25) is 0 Å². The molecular weight excluding hydrogens is 580 g/mol. The van der Waals surface area contributed by atoms with Crippen LogP contribution in [0.2, 0.25) is 0 Å². The predicted molar refractivity (Wildman–Crippen MR) is 169 cm³/mol. The Bertz CT molecular complexity index is 1650. The first-order valence-corrected chi connectivity index (χ1v) is 15.4. The largest absolute Gasteiger partial charge is 0.494 e. The van der Waals surface area contributed by atoms with Gasteiger partial charge in [0, 0.05) is 0 Å². The van der Waals surface area contributed by atoms with Crippen molar-refractivity contribution < 1.29 is 27.5 Å². The number of nitrogens with zero attached hydrogens (tertiary/aromatic N) is 2. The molecule has 11 heteroatoms. The topological polar surface area (TPSA) is 126 Å². The third-order valence-corrected chi connectivity index (χ3v) is 8.17. The zero-order chi connectivity index (χ0) is 31.4. The van der Waals surface area contributed by atoms with Gasteiger partial charge < -0.3 is 14.8 Å². The van der Waals surface area contributed by atoms with Crippen LogP contribution in [0.25, 0.3) is 0 Å². The van der Waals surface area contributed by atoms with Crippen molar-refractivity contribution in [3.63, 3.8) is 0 Å². The fraction of sp³-hybridized carbons (Fsp3) is 0.182. The normalized spacial score (nSPS) is 11.9. The Morgan fingerprint density at radius 1 is 0.818 bits per heavy atom. The summed E-state index contributed by atoms with van der Waals surface area (Å²) in [6, 6.07) is 30.7. The van der Waals surface area contributed by atoms with Gasteiger partial charge in [-0.3, -0.25) is 13.9 Å². The van der Waals surface area contributed by atoms with E-state index in [1.54, 1.807) is 66.7 Å². The minimum atomic E-state index is -4.07. The third-order valence-electron chi connectivity index (χ3n) is 6.38. The van der Waals surface area contributed by atoms with Crippen molar-refractivity contribution in [1.29, 1.82) is 0 Å². The maximum Gasteiger partial charge on any atom is 0.264 e. The second kappa shape index (κ2) is 15.4. The molecular formula is C33H34N4O6S. The van der Waals surface area contributed by atoms with E-state index in [9.17, 15) is 18.0 Å². The van der Waals surface area contributed by atoms with Gasteiger partial charge in [0.25, 0.3) is 21.8 Å². The molecule has 0 aliphatic heterocycles. The molecule has 2 N–H and O–H groups in total. The minimum Gasteiger partial charge on any atom is -0.494 e. The van der Waals surface area contributed by atoms with Gasteiger partial charge in [-0.05, 0) is 85.6 Å². The smallest absolute Gasteiger partial charge is 0.264 e. The Morgan fingerprint density at radius 3 is 2.05 bits per heavy atom. The van der Waals surface area contributed by atoms with Crippen LogP contribution in [0.15, 0.2) is 119 Å². The second-order valence-electron chi connectivity index (χ2n) is 9.60. The highest BCUT2D eigenvalue weighted by Crippen LogP contribution is 2.25. The number of ether oxygens (including phenoxy) is 2. The molecule has 4 aromatic carbocycles. The van der Waals surface area contributed by atoms with E-state index in [-0.39, 0.29) is 23.5 Å². The molecule has 4 rings (SSSR count). The van der Waals surface area contributed by atoms with Gasteiger partial charge in [-0.15, -0.1) is 0 Å². The van der Waals surface area contributed by atoms with E-state index in [1.807, 2.05) is 44.2 Å². The average Bonchev–Trinajstić information content (AvgIpc) is 3.04. The summed E-state index contributed by atoms with van der Waals surface area (Å²) in [6.07, 6.45) is 1.42. The number of hydrazone groups is 1. The summed E-state index contributed by atoms with van der Waals surface area (Å²) in [5.74, 6) is 0.161. The summed E-state index contributed by atoms with van der Waals surface area (Å²) in [7, 11) is -4.07. The van der Waals surface area contributed by atoms with E-state index in [2.05, 4.69) is 15.8 Å². The Morgan fingerprint density at radius 2 is 1.41 bits per heavy atom. The van der Waals surface area contributed by atoms with Crippen molar-refractivity contribution in [2.75, 3.05) is 24.1 Å². The molecule has 0 saturated heterocycles. The van der Waals surface area contributed by atoms with Crippen molar-refractivity contribution in [2.45, 2.75) is 24.8 Å². The number of sulfonamides is 1. The number of hydrogen-bond acceptors (Lipinski definition) is 7. The first kappa shape index (κ1) is 31.8. The predicted octanol–water partition coefficient (Wildman–Crippen LogP) is 4.69. The van der Waals surface area contributed by atoms with Crippen LogP contribution in [0, 0.1) is 0 Å². The fourth-order valence-corrected chi connectivity index (χ4v) is 5.58. The summed E-state index contributed by atoms with van der Waals surface area (Å²) in [4.78, 5) is 25.1. The molecule has 44 heavy (non-hydrogen) atoms. The highest BCUT2D eigenvalue weighted by Gasteiger charge is 2.27. The molecule has 228 valence electrons. The van der Waals surface area contributed by atoms with Crippen LogP contribution in [-0.4, -0.2) is 46.2 Å². The van der Waals surface area contributed by atoms with Gasteiger partial charge in [0.15, 0.2) is 6.61 Å². The van der Waals surface area contributed by atoms with Gasteiger partial charge in [-0.2, -0.15) is 5.10 Å². The Kier molecular flexibility index (Phi) is 11.1. The zero-order valence-electron chi connectivity index (χ0n) is 24.4. The first-order valence-electron chi connectivity index (χ1n) is 14.0. The molecule has 0 fully saturated rings. The highest BCUT2D eigenvalue weighted by molar-refractivity contribution is 7.92. The van der Waals surface area contributed by atoms with E-state index in [4.69, 9.17) is 9.47 Å². The zero-order valence-corrected chi connectivity index (χ0v) is 25.2. The molecule has 4 aromatic rings. The van der Waals surface area contributed by atoms with Crippen LogP contribution in [0.1, 0.15) is 31.0 Å². The third kappa shape index (κ3) is 8.92. The Hall–Kier alpha value is -5.16. The molecule has 0 unspecified atom stereocenters. The van der Waals surface area contributed by atoms with Gasteiger partial charge in [-0.1, -0.05) is 48.5 Å². The standard InChI is InChI=1S/C33H34N4O6S/c1-3-42-29-18-20-31(21-19-29)44(40,41)37(28-12-8-5-9-13-28)23-32(38)36-34-22-26-14-16-30(17-15-26)43-24-33(39)35-25(2)27-10-6-4-7-11-27/h4-22,25H,3,23-24H2,1-2H3,(H,35,39)(H,36,38)/b34-22-/t25-/m1/s1. The van der Waals surface area contributed by atoms with Gasteiger partial charge in [0.05, 0.1) is 29.4 Å². The Labute approximate surface area is 257 Å². The van der Waals surface area contributed by atoms with E-state index in [0.717, 1.165) is 9.87 Å². The molecule has 0 saturated carbocycles. The molecule has 0 aliphatic rings. The van der Waals surface area contributed by atoms with Crippen LogP contribution >= 0.6 is 0 Å². The number of benzene rings is 4. The highest BCUT2D eigenvalue weighted by atomic mass is 32.2. The number of carbonyl (C=O) groups is 2. The van der Waals surface area contributed by atoms with Crippen LogP contribution in [0.4, 0.5) is 5.69 Å². The van der Waals surface area contributed by atoms with E-state index in [1.165, 1.54) is 18.3 Å². The summed E-state index contributed by atoms with van der Waals surface area (Å²) >= 11 is 0. The summed E-state index contributed by atoms with van der Waals surface area (Å²) in [5.41, 5.74) is 4.37. The monoisotopic (exact) mass is 614 g/mol. The lowest BCUT2D eigenvalue weighted by molar-refractivity contribution is -0.123. The average molecular weight is 615 g/mol. The van der Waals surface area contributed by atoms with Crippen molar-refractivity contribution in [2.24, 2.45) is 5.10 Å². The lowest BCUT2D eigenvalue weighted by Gasteiger charge is -2.23. The van der Waals surface area contributed by atoms with E-state index >= 15 is 0 Å². The van der Waals surface area contributed by atoms with Gasteiger partial charge >= 0.3 is 0 Å². The quantitative estimate of drug-likeness (QED) is 0.157. The fourth-order valence-electron chi connectivity index (χ4n) is 4.16. The van der Waals surface area contributed by atoms with Gasteiger partial charge in [0.1, 0.15) is 18.0 Å². The summed E-state index contributed by atoms with van der Waals surface area (Å²) in [6.45, 7) is 3.56. The molecule has 0 spiro atoms. The minimum absolute atomic E-state index is 0.0200. The number of nitrogens with one attached hydrogen (secondary N) is 2. The molecule has 2 amide bonds.